The Hall–Kier alpha value is -2.96. The van der Waals surface area contributed by atoms with Crippen LogP contribution in [0.15, 0.2) is 28.9 Å². The molecule has 7 heteroatoms. The van der Waals surface area contributed by atoms with Gasteiger partial charge in [-0.2, -0.15) is 4.98 Å². The second-order valence-electron chi connectivity index (χ2n) is 5.40. The quantitative estimate of drug-likeness (QED) is 0.615. The Morgan fingerprint density at radius 1 is 1.22 bits per heavy atom. The second-order valence-corrected chi connectivity index (χ2v) is 5.40. The van der Waals surface area contributed by atoms with Gasteiger partial charge in [0.2, 0.25) is 5.89 Å². The number of hydrogen-bond donors (Lipinski definition) is 1. The average molecular weight is 311 g/mol. The Balaban J connectivity index is 2.02. The molecule has 0 radical (unpaired) electrons. The summed E-state index contributed by atoms with van der Waals surface area (Å²) in [4.78, 5) is 13.3. The largest absolute Gasteiger partial charge is 0.418 e. The van der Waals surface area contributed by atoms with E-state index < -0.39 is 0 Å². The highest BCUT2D eigenvalue weighted by molar-refractivity contribution is 6.03. The highest BCUT2D eigenvalue weighted by atomic mass is 19.1. The predicted molar refractivity (Wildman–Crippen MR) is 85.8 cm³/mol. The van der Waals surface area contributed by atoms with E-state index in [2.05, 4.69) is 20.3 Å². The molecule has 1 aromatic carbocycles. The highest BCUT2D eigenvalue weighted by Gasteiger charge is 2.18. The van der Waals surface area contributed by atoms with E-state index in [0.29, 0.717) is 34.1 Å². The van der Waals surface area contributed by atoms with E-state index in [4.69, 9.17) is 4.42 Å². The molecule has 3 aromatic heterocycles. The number of hydrogen-bond acceptors (Lipinski definition) is 5. The molecule has 0 atom stereocenters. The van der Waals surface area contributed by atoms with Gasteiger partial charge < -0.3 is 14.3 Å². The molecule has 4 aromatic rings. The number of benzene rings is 1. The molecule has 0 saturated heterocycles. The Bertz CT molecular complexity index is 1050. The molecule has 116 valence electrons. The molecular weight excluding hydrogens is 297 g/mol. The number of oxazole rings is 1. The number of aromatic nitrogens is 4. The van der Waals surface area contributed by atoms with Crippen LogP contribution in [-0.2, 0) is 7.05 Å². The van der Waals surface area contributed by atoms with Crippen molar-refractivity contribution in [2.24, 2.45) is 7.05 Å². The Morgan fingerprint density at radius 3 is 2.78 bits per heavy atom. The van der Waals surface area contributed by atoms with Crippen LogP contribution in [0.1, 0.15) is 5.56 Å². The van der Waals surface area contributed by atoms with Crippen molar-refractivity contribution in [1.82, 2.24) is 19.5 Å². The van der Waals surface area contributed by atoms with Gasteiger partial charge in [-0.15, -0.1) is 0 Å². The van der Waals surface area contributed by atoms with Gasteiger partial charge in [0.15, 0.2) is 11.3 Å². The number of fused-ring (bicyclic) bond motifs is 3. The molecule has 0 saturated carbocycles. The summed E-state index contributed by atoms with van der Waals surface area (Å²) in [6.07, 6.45) is 1.71. The second kappa shape index (κ2) is 4.77. The van der Waals surface area contributed by atoms with E-state index in [-0.39, 0.29) is 5.82 Å². The van der Waals surface area contributed by atoms with Gasteiger partial charge in [-0.05, 0) is 30.7 Å². The monoisotopic (exact) mass is 311 g/mol. The minimum Gasteiger partial charge on any atom is -0.418 e. The topological polar surface area (TPSA) is 68.8 Å². The fourth-order valence-corrected chi connectivity index (χ4v) is 2.65. The van der Waals surface area contributed by atoms with E-state index >= 15 is 0 Å². The first-order valence-corrected chi connectivity index (χ1v) is 7.14. The third-order valence-corrected chi connectivity index (χ3v) is 3.85. The van der Waals surface area contributed by atoms with Crippen molar-refractivity contribution in [3.63, 3.8) is 0 Å². The number of halogens is 1. The van der Waals surface area contributed by atoms with E-state index in [9.17, 15) is 4.39 Å². The smallest absolute Gasteiger partial charge is 0.251 e. The van der Waals surface area contributed by atoms with E-state index in [1.54, 1.807) is 32.4 Å². The summed E-state index contributed by atoms with van der Waals surface area (Å²) in [5.41, 5.74) is 3.88. The molecule has 4 rings (SSSR count). The molecule has 0 bridgehead atoms. The zero-order valence-electron chi connectivity index (χ0n) is 12.9. The first-order valence-electron chi connectivity index (χ1n) is 7.14. The molecule has 0 aliphatic carbocycles. The zero-order chi connectivity index (χ0) is 16.1. The van der Waals surface area contributed by atoms with E-state index in [0.717, 1.165) is 11.0 Å². The lowest BCUT2D eigenvalue weighted by atomic mass is 10.1. The maximum atomic E-state index is 13.5. The van der Waals surface area contributed by atoms with Gasteiger partial charge in [0.05, 0.1) is 6.33 Å². The van der Waals surface area contributed by atoms with E-state index in [1.807, 2.05) is 11.6 Å². The summed E-state index contributed by atoms with van der Waals surface area (Å²) < 4.78 is 21.1. The SMILES string of the molecule is CNc1nc2oc(-c3ccc(F)c(C)c3)nc2c2c1ncn2C. The number of nitrogens with one attached hydrogen (secondary N) is 1. The lowest BCUT2D eigenvalue weighted by Crippen LogP contribution is -1.95. The van der Waals surface area contributed by atoms with Gasteiger partial charge in [-0.3, -0.25) is 0 Å². The predicted octanol–water partition coefficient (Wildman–Crippen LogP) is 3.27. The molecule has 0 unspecified atom stereocenters. The number of rotatable bonds is 2. The van der Waals surface area contributed by atoms with Crippen LogP contribution in [-0.4, -0.2) is 26.6 Å². The molecule has 1 N–H and O–H groups in total. The summed E-state index contributed by atoms with van der Waals surface area (Å²) in [6.45, 7) is 1.71. The third kappa shape index (κ3) is 1.97. The van der Waals surface area contributed by atoms with E-state index in [1.165, 1.54) is 6.07 Å². The summed E-state index contributed by atoms with van der Waals surface area (Å²) in [7, 11) is 3.67. The van der Waals surface area contributed by atoms with Crippen molar-refractivity contribution in [2.75, 3.05) is 12.4 Å². The summed E-state index contributed by atoms with van der Waals surface area (Å²) in [6, 6.07) is 4.76. The lowest BCUT2D eigenvalue weighted by molar-refractivity contribution is 0.605. The molecule has 6 nitrogen and oxygen atoms in total. The van der Waals surface area contributed by atoms with Crippen molar-refractivity contribution in [3.05, 3.63) is 35.9 Å². The van der Waals surface area contributed by atoms with Crippen molar-refractivity contribution < 1.29 is 8.81 Å². The molecule has 0 fully saturated rings. The van der Waals surface area contributed by atoms with Crippen LogP contribution in [0, 0.1) is 12.7 Å². The molecule has 3 heterocycles. The van der Waals surface area contributed by atoms with Gasteiger partial charge >= 0.3 is 0 Å². The molecular formula is C16H14FN5O. The van der Waals surface area contributed by atoms with Crippen LogP contribution < -0.4 is 5.32 Å². The lowest BCUT2D eigenvalue weighted by Gasteiger charge is -2.00. The van der Waals surface area contributed by atoms with Crippen molar-refractivity contribution in [1.29, 1.82) is 0 Å². The molecule has 23 heavy (non-hydrogen) atoms. The number of aryl methyl sites for hydroxylation is 2. The minimum absolute atomic E-state index is 0.255. The number of imidazole rings is 1. The van der Waals surface area contributed by atoms with Crippen molar-refractivity contribution in [3.8, 4) is 11.5 Å². The number of nitrogens with zero attached hydrogens (tertiary/aromatic N) is 4. The van der Waals surface area contributed by atoms with Crippen molar-refractivity contribution in [2.45, 2.75) is 6.92 Å². The number of pyridine rings is 1. The summed E-state index contributed by atoms with van der Waals surface area (Å²) >= 11 is 0. The maximum absolute atomic E-state index is 13.5. The van der Waals surface area contributed by atoms with Gasteiger partial charge in [0.1, 0.15) is 16.9 Å². The van der Waals surface area contributed by atoms with Crippen LogP contribution in [0.25, 0.3) is 33.7 Å². The molecule has 0 aliphatic heterocycles. The standard InChI is InChI=1S/C16H14FN5O/c1-8-6-9(4-5-10(8)17)15-20-12-13-11(19-7-22(13)3)14(18-2)21-16(12)23-15/h4-7H,1-3H3,(H,18,21). The van der Waals surface area contributed by atoms with Gasteiger partial charge in [0, 0.05) is 19.7 Å². The first-order chi connectivity index (χ1) is 11.1. The van der Waals surface area contributed by atoms with Gasteiger partial charge in [-0.1, -0.05) is 0 Å². The zero-order valence-corrected chi connectivity index (χ0v) is 12.9. The fourth-order valence-electron chi connectivity index (χ4n) is 2.65. The highest BCUT2D eigenvalue weighted by Crippen LogP contribution is 2.31. The summed E-state index contributed by atoms with van der Waals surface area (Å²) in [5, 5.41) is 3.02. The minimum atomic E-state index is -0.255. The maximum Gasteiger partial charge on any atom is 0.251 e. The van der Waals surface area contributed by atoms with Crippen LogP contribution in [0.3, 0.4) is 0 Å². The van der Waals surface area contributed by atoms with Crippen LogP contribution in [0.2, 0.25) is 0 Å². The normalized spacial score (nSPS) is 11.5. The fraction of sp³-hybridized carbons (Fsp3) is 0.188. The molecule has 0 spiro atoms. The number of anilines is 1. The van der Waals surface area contributed by atoms with Crippen LogP contribution in [0.4, 0.5) is 10.2 Å². The Labute approximate surface area is 131 Å². The molecule has 0 aliphatic rings. The third-order valence-electron chi connectivity index (χ3n) is 3.85. The van der Waals surface area contributed by atoms with Gasteiger partial charge in [-0.25, -0.2) is 14.4 Å². The Kier molecular flexibility index (Phi) is 2.84. The average Bonchev–Trinajstić information content (AvgIpc) is 3.12. The van der Waals surface area contributed by atoms with Crippen molar-refractivity contribution >= 4 is 28.1 Å². The van der Waals surface area contributed by atoms with Gasteiger partial charge in [0.25, 0.3) is 5.71 Å². The van der Waals surface area contributed by atoms with Crippen LogP contribution >= 0.6 is 0 Å². The summed E-state index contributed by atoms with van der Waals surface area (Å²) in [5.74, 6) is 0.784. The Morgan fingerprint density at radius 2 is 2.04 bits per heavy atom. The van der Waals surface area contributed by atoms with Crippen LogP contribution in [0.5, 0.6) is 0 Å². The first kappa shape index (κ1) is 13.7. The molecule has 0 amide bonds.